The van der Waals surface area contributed by atoms with Gasteiger partial charge in [-0.25, -0.2) is 0 Å². The van der Waals surface area contributed by atoms with Crippen LogP contribution in [0.15, 0.2) is 194 Å². The quantitative estimate of drug-likeness (QED) is 0.157. The van der Waals surface area contributed by atoms with Crippen LogP contribution in [0.1, 0.15) is 11.1 Å². The van der Waals surface area contributed by atoms with Crippen LogP contribution in [0.3, 0.4) is 0 Å². The van der Waals surface area contributed by atoms with Gasteiger partial charge in [-0.3, -0.25) is 0 Å². The van der Waals surface area contributed by atoms with E-state index >= 15 is 0 Å². The molecule has 60 heavy (non-hydrogen) atoms. The van der Waals surface area contributed by atoms with Crippen molar-refractivity contribution in [2.24, 2.45) is 0 Å². The summed E-state index contributed by atoms with van der Waals surface area (Å²) >= 11 is 0. The van der Waals surface area contributed by atoms with Crippen LogP contribution in [0, 0.1) is 13.8 Å². The lowest BCUT2D eigenvalue weighted by molar-refractivity contribution is 1.46. The maximum Gasteiger partial charge on any atom is -0.00195 e. The van der Waals surface area contributed by atoms with E-state index in [4.69, 9.17) is 0 Å². The summed E-state index contributed by atoms with van der Waals surface area (Å²) in [5.74, 6) is 0. The second kappa shape index (κ2) is 12.5. The van der Waals surface area contributed by atoms with Gasteiger partial charge in [0.25, 0.3) is 0 Å². The van der Waals surface area contributed by atoms with Gasteiger partial charge in [0, 0.05) is 0 Å². The Labute approximate surface area is 348 Å². The predicted octanol–water partition coefficient (Wildman–Crippen LogP) is 17.1. The van der Waals surface area contributed by atoms with Gasteiger partial charge in [0.05, 0.1) is 0 Å². The lowest BCUT2D eigenvalue weighted by atomic mass is 9.89. The first-order valence-electron chi connectivity index (χ1n) is 21.1. The number of aryl methyl sites for hydroxylation is 2. The van der Waals surface area contributed by atoms with Crippen LogP contribution < -0.4 is 0 Å². The molecule has 0 bridgehead atoms. The molecule has 0 saturated carbocycles. The Balaban J connectivity index is 1.18. The lowest BCUT2D eigenvalue weighted by Gasteiger charge is -2.14. The molecule has 0 fully saturated rings. The largest absolute Gasteiger partial charge is 0.0622 e. The smallest absolute Gasteiger partial charge is 0.00195 e. The van der Waals surface area contributed by atoms with Crippen LogP contribution in [-0.2, 0) is 0 Å². The molecule has 278 valence electrons. The summed E-state index contributed by atoms with van der Waals surface area (Å²) in [4.78, 5) is 0. The lowest BCUT2D eigenvalue weighted by Crippen LogP contribution is -1.86. The van der Waals surface area contributed by atoms with E-state index < -0.39 is 0 Å². The van der Waals surface area contributed by atoms with Gasteiger partial charge in [0.15, 0.2) is 0 Å². The van der Waals surface area contributed by atoms with E-state index in [0.29, 0.717) is 0 Å². The Morgan fingerprint density at radius 2 is 0.500 bits per heavy atom. The molecular weight excluding hydrogens is 721 g/mol. The van der Waals surface area contributed by atoms with Gasteiger partial charge in [0.2, 0.25) is 0 Å². The van der Waals surface area contributed by atoms with Crippen LogP contribution >= 0.6 is 0 Å². The predicted molar refractivity (Wildman–Crippen MR) is 260 cm³/mol. The summed E-state index contributed by atoms with van der Waals surface area (Å²) in [6, 6.07) is 73.2. The van der Waals surface area contributed by atoms with Crippen molar-refractivity contribution in [1.82, 2.24) is 0 Å². The van der Waals surface area contributed by atoms with Gasteiger partial charge in [-0.1, -0.05) is 146 Å². The van der Waals surface area contributed by atoms with Crippen LogP contribution in [0.25, 0.3) is 131 Å². The highest BCUT2D eigenvalue weighted by Crippen LogP contribution is 2.50. The number of hydrogen-bond acceptors (Lipinski definition) is 0. The Bertz CT molecular complexity index is 3620. The fourth-order valence-electron chi connectivity index (χ4n) is 10.7. The average Bonchev–Trinajstić information content (AvgIpc) is 3.79. The van der Waals surface area contributed by atoms with Crippen LogP contribution in [0.2, 0.25) is 0 Å². The maximum absolute atomic E-state index is 2.52. The van der Waals surface area contributed by atoms with Crippen molar-refractivity contribution in [1.29, 1.82) is 0 Å². The standard InChI is InChI=1S/C60H38/c1-35-13-9-11-19-43(35)39-21-23-45-49(27-39)55-31-41(37-15-5-3-6-16-37)29-53-47-25-26-48-52(51(47)33-57(45)59(53)55)34-58-46-24-22-40(44-20-12-10-14-36(44)2)28-50(46)56-32-42(30-54(48)60(56)58)38-17-7-4-8-18-38/h3-34H,1-2H3. The molecule has 0 saturated heterocycles. The number of fused-ring (bicyclic) bond motifs is 11. The van der Waals surface area contributed by atoms with Gasteiger partial charge in [0.1, 0.15) is 0 Å². The van der Waals surface area contributed by atoms with Crippen LogP contribution in [-0.4, -0.2) is 0 Å². The van der Waals surface area contributed by atoms with E-state index in [1.807, 2.05) is 0 Å². The molecule has 0 radical (unpaired) electrons. The van der Waals surface area contributed by atoms with Crippen molar-refractivity contribution in [2.45, 2.75) is 13.8 Å². The second-order valence-electron chi connectivity index (χ2n) is 16.9. The highest BCUT2D eigenvalue weighted by molar-refractivity contribution is 6.41. The summed E-state index contributed by atoms with van der Waals surface area (Å²) in [6.45, 7) is 4.43. The zero-order chi connectivity index (χ0) is 39.6. The van der Waals surface area contributed by atoms with Crippen molar-refractivity contribution in [3.63, 3.8) is 0 Å². The van der Waals surface area contributed by atoms with Gasteiger partial charge >= 0.3 is 0 Å². The number of benzene rings is 11. The summed E-state index contributed by atoms with van der Waals surface area (Å²) < 4.78 is 0. The molecule has 0 aliphatic rings. The van der Waals surface area contributed by atoms with Crippen LogP contribution in [0.4, 0.5) is 0 Å². The fraction of sp³-hybridized carbons (Fsp3) is 0.0333. The monoisotopic (exact) mass is 758 g/mol. The topological polar surface area (TPSA) is 0 Å². The molecule has 0 heterocycles. The van der Waals surface area contributed by atoms with E-state index in [9.17, 15) is 0 Å². The molecule has 0 aliphatic carbocycles. The van der Waals surface area contributed by atoms with Gasteiger partial charge in [-0.05, 0) is 204 Å². The third-order valence-electron chi connectivity index (χ3n) is 13.6. The van der Waals surface area contributed by atoms with Crippen molar-refractivity contribution in [3.8, 4) is 44.5 Å². The first-order valence-corrected chi connectivity index (χ1v) is 21.1. The molecule has 13 aromatic rings. The molecule has 0 aromatic heterocycles. The van der Waals surface area contributed by atoms with E-state index in [1.165, 1.54) is 142 Å². The van der Waals surface area contributed by atoms with Crippen molar-refractivity contribution in [3.05, 3.63) is 205 Å². The molecular formula is C60H38. The minimum Gasteiger partial charge on any atom is -0.0622 e. The van der Waals surface area contributed by atoms with E-state index in [0.717, 1.165) is 0 Å². The Kier molecular flexibility index (Phi) is 6.95. The Hall–Kier alpha value is -7.54. The highest BCUT2D eigenvalue weighted by Gasteiger charge is 2.22. The number of rotatable bonds is 4. The van der Waals surface area contributed by atoms with Crippen molar-refractivity contribution in [2.75, 3.05) is 0 Å². The molecule has 0 unspecified atom stereocenters. The minimum atomic E-state index is 1.24. The van der Waals surface area contributed by atoms with E-state index in [1.54, 1.807) is 0 Å². The zero-order valence-electron chi connectivity index (χ0n) is 33.5. The summed E-state index contributed by atoms with van der Waals surface area (Å²) in [6.07, 6.45) is 0. The molecule has 0 nitrogen and oxygen atoms in total. The fourth-order valence-corrected chi connectivity index (χ4v) is 10.7. The Morgan fingerprint density at radius 3 is 0.900 bits per heavy atom. The third-order valence-corrected chi connectivity index (χ3v) is 13.6. The van der Waals surface area contributed by atoms with Crippen LogP contribution in [0.5, 0.6) is 0 Å². The molecule has 0 aliphatic heterocycles. The summed E-state index contributed by atoms with van der Waals surface area (Å²) in [7, 11) is 0. The van der Waals surface area contributed by atoms with E-state index in [2.05, 4.69) is 208 Å². The molecule has 0 heteroatoms. The van der Waals surface area contributed by atoms with Crippen molar-refractivity contribution >= 4 is 86.2 Å². The molecule has 0 amide bonds. The number of hydrogen-bond donors (Lipinski definition) is 0. The first kappa shape index (κ1) is 33.4. The molecule has 13 aromatic carbocycles. The van der Waals surface area contributed by atoms with Gasteiger partial charge in [-0.15, -0.1) is 0 Å². The molecule has 0 atom stereocenters. The summed E-state index contributed by atoms with van der Waals surface area (Å²) in [5, 5.41) is 21.1. The summed E-state index contributed by atoms with van der Waals surface area (Å²) in [5.41, 5.74) is 12.6. The highest BCUT2D eigenvalue weighted by atomic mass is 14.2. The van der Waals surface area contributed by atoms with Crippen molar-refractivity contribution < 1.29 is 0 Å². The van der Waals surface area contributed by atoms with Gasteiger partial charge in [-0.2, -0.15) is 0 Å². The molecule has 13 rings (SSSR count). The third kappa shape index (κ3) is 4.74. The average molecular weight is 759 g/mol. The van der Waals surface area contributed by atoms with E-state index in [-0.39, 0.29) is 0 Å². The first-order chi connectivity index (χ1) is 29.6. The minimum absolute atomic E-state index is 1.24. The maximum atomic E-state index is 2.52. The zero-order valence-corrected chi connectivity index (χ0v) is 33.5. The second-order valence-corrected chi connectivity index (χ2v) is 16.9. The Morgan fingerprint density at radius 1 is 0.200 bits per heavy atom. The SMILES string of the molecule is Cc1ccccc1-c1ccc2c(c1)c1cc(-c3ccccc3)cc3c4ccc5c(cc6c7ccc(-c8ccccc8C)cc7c7cc(-c8ccccc8)cc5c76)c4cc2c31. The van der Waals surface area contributed by atoms with Gasteiger partial charge < -0.3 is 0 Å². The molecule has 0 N–H and O–H groups in total. The normalized spacial score (nSPS) is 12.2. The molecule has 0 spiro atoms.